The van der Waals surface area contributed by atoms with Crippen molar-refractivity contribution in [2.24, 2.45) is 5.73 Å². The molecule has 3 aromatic carbocycles. The van der Waals surface area contributed by atoms with Gasteiger partial charge in [-0.2, -0.15) is 0 Å². The average Bonchev–Trinajstić information content (AvgIpc) is 3.29. The smallest absolute Gasteiger partial charge is 0.251 e. The summed E-state index contributed by atoms with van der Waals surface area (Å²) in [6.07, 6.45) is 1.90. The molecule has 0 fully saturated rings. The molecule has 0 bridgehead atoms. The lowest BCUT2D eigenvalue weighted by Gasteiger charge is -2.10. The quantitative estimate of drug-likeness (QED) is 0.284. The average molecular weight is 476 g/mol. The molecule has 0 aliphatic heterocycles. The van der Waals surface area contributed by atoms with Gasteiger partial charge in [-0.05, 0) is 41.8 Å². The fraction of sp³-hybridized carbons (Fsp3) is 0.133. The molecule has 6 heteroatoms. The minimum atomic E-state index is -0.144. The van der Waals surface area contributed by atoms with Crippen molar-refractivity contribution < 1.29 is 4.79 Å². The van der Waals surface area contributed by atoms with Crippen molar-refractivity contribution in [3.63, 3.8) is 0 Å². The van der Waals surface area contributed by atoms with Gasteiger partial charge in [-0.15, -0.1) is 0 Å². The second-order valence-corrected chi connectivity index (χ2v) is 8.87. The second-order valence-electron chi connectivity index (χ2n) is 8.87. The molecule has 0 unspecified atom stereocenters. The van der Waals surface area contributed by atoms with Gasteiger partial charge in [-0.25, -0.2) is 4.98 Å². The first kappa shape index (κ1) is 23.3. The Morgan fingerprint density at radius 1 is 0.861 bits per heavy atom. The van der Waals surface area contributed by atoms with Gasteiger partial charge < -0.3 is 16.4 Å². The minimum absolute atomic E-state index is 0.144. The largest absolute Gasteiger partial charge is 0.365 e. The molecule has 2 heterocycles. The van der Waals surface area contributed by atoms with Crippen LogP contribution >= 0.6 is 0 Å². The summed E-state index contributed by atoms with van der Waals surface area (Å²) in [5.41, 5.74) is 13.3. The summed E-state index contributed by atoms with van der Waals surface area (Å²) in [6, 6.07) is 30.1. The van der Waals surface area contributed by atoms with Crippen LogP contribution in [0.1, 0.15) is 32.6 Å². The third kappa shape index (κ3) is 5.14. The Morgan fingerprint density at radius 2 is 1.64 bits per heavy atom. The Balaban J connectivity index is 1.44. The Kier molecular flexibility index (Phi) is 6.78. The summed E-state index contributed by atoms with van der Waals surface area (Å²) in [5, 5.41) is 6.57. The van der Waals surface area contributed by atoms with E-state index in [0.29, 0.717) is 30.8 Å². The lowest BCUT2D eigenvalue weighted by molar-refractivity contribution is 0.0951. The van der Waals surface area contributed by atoms with Crippen molar-refractivity contribution in [3.8, 4) is 11.3 Å². The zero-order chi connectivity index (χ0) is 24.9. The van der Waals surface area contributed by atoms with Crippen molar-refractivity contribution in [2.45, 2.75) is 26.6 Å². The van der Waals surface area contributed by atoms with Crippen LogP contribution in [0.4, 0.5) is 5.82 Å². The third-order valence-electron chi connectivity index (χ3n) is 6.16. The van der Waals surface area contributed by atoms with Gasteiger partial charge in [0.2, 0.25) is 0 Å². The Morgan fingerprint density at radius 3 is 2.44 bits per heavy atom. The van der Waals surface area contributed by atoms with Crippen molar-refractivity contribution in [2.75, 3.05) is 5.32 Å². The summed E-state index contributed by atoms with van der Waals surface area (Å²) in [6.45, 7) is 3.65. The Labute approximate surface area is 210 Å². The zero-order valence-corrected chi connectivity index (χ0v) is 20.2. The highest BCUT2D eigenvalue weighted by molar-refractivity contribution is 5.95. The number of hydrogen-bond donors (Lipinski definition) is 3. The van der Waals surface area contributed by atoms with Gasteiger partial charge in [0.05, 0.1) is 0 Å². The molecule has 36 heavy (non-hydrogen) atoms. The van der Waals surface area contributed by atoms with Crippen LogP contribution in [0.25, 0.3) is 16.9 Å². The zero-order valence-electron chi connectivity index (χ0n) is 20.2. The van der Waals surface area contributed by atoms with E-state index < -0.39 is 0 Å². The number of anilines is 1. The maximum Gasteiger partial charge on any atom is 0.251 e. The number of carbonyl (C=O) groups excluding carboxylic acids is 1. The standard InChI is InChI=1S/C30H29N5O/c1-21-7-5-12-25(15-21)28-29(32-19-22-8-3-2-4-9-22)35-14-13-26(17-27(35)34-28)30(36)33-20-24-11-6-10-23(16-24)18-31/h2-17,32H,18-20,31H2,1H3,(H,33,36). The van der Waals surface area contributed by atoms with E-state index in [0.717, 1.165) is 33.8 Å². The number of nitrogens with zero attached hydrogens (tertiary/aromatic N) is 2. The predicted octanol–water partition coefficient (Wildman–Crippen LogP) is 5.31. The molecule has 2 aromatic heterocycles. The van der Waals surface area contributed by atoms with E-state index in [9.17, 15) is 4.79 Å². The molecule has 6 nitrogen and oxygen atoms in total. The SMILES string of the molecule is Cc1cccc(-c2nc3cc(C(=O)NCc4cccc(CN)c4)ccn3c2NCc2ccccc2)c1. The highest BCUT2D eigenvalue weighted by atomic mass is 16.1. The van der Waals surface area contributed by atoms with Crippen LogP contribution in [0, 0.1) is 6.92 Å². The molecule has 0 saturated carbocycles. The van der Waals surface area contributed by atoms with Gasteiger partial charge in [0.1, 0.15) is 17.2 Å². The van der Waals surface area contributed by atoms with Gasteiger partial charge in [-0.3, -0.25) is 9.20 Å². The van der Waals surface area contributed by atoms with Gasteiger partial charge in [0.25, 0.3) is 5.91 Å². The number of amides is 1. The first-order valence-corrected chi connectivity index (χ1v) is 12.0. The van der Waals surface area contributed by atoms with Gasteiger partial charge in [0.15, 0.2) is 0 Å². The number of fused-ring (bicyclic) bond motifs is 1. The summed E-state index contributed by atoms with van der Waals surface area (Å²) in [4.78, 5) is 17.9. The fourth-order valence-electron chi connectivity index (χ4n) is 4.28. The monoisotopic (exact) mass is 475 g/mol. The highest BCUT2D eigenvalue weighted by Gasteiger charge is 2.16. The number of carbonyl (C=O) groups is 1. The maximum atomic E-state index is 12.9. The first-order valence-electron chi connectivity index (χ1n) is 12.0. The highest BCUT2D eigenvalue weighted by Crippen LogP contribution is 2.30. The molecule has 0 aliphatic rings. The molecule has 4 N–H and O–H groups in total. The fourth-order valence-corrected chi connectivity index (χ4v) is 4.28. The Bertz CT molecular complexity index is 1510. The van der Waals surface area contributed by atoms with Crippen LogP contribution in [-0.2, 0) is 19.6 Å². The molecule has 0 aliphatic carbocycles. The molecule has 180 valence electrons. The number of pyridine rings is 1. The van der Waals surface area contributed by atoms with E-state index >= 15 is 0 Å². The summed E-state index contributed by atoms with van der Waals surface area (Å²) >= 11 is 0. The number of nitrogens with one attached hydrogen (secondary N) is 2. The molecular weight excluding hydrogens is 446 g/mol. The lowest BCUT2D eigenvalue weighted by Crippen LogP contribution is -2.23. The number of aryl methyl sites for hydroxylation is 1. The number of hydrogen-bond acceptors (Lipinski definition) is 4. The summed E-state index contributed by atoms with van der Waals surface area (Å²) in [7, 11) is 0. The molecule has 0 spiro atoms. The number of imidazole rings is 1. The topological polar surface area (TPSA) is 84.5 Å². The lowest BCUT2D eigenvalue weighted by atomic mass is 10.1. The molecule has 5 rings (SSSR count). The Hall–Kier alpha value is -4.42. The van der Waals surface area contributed by atoms with E-state index in [1.54, 1.807) is 0 Å². The number of benzene rings is 3. The van der Waals surface area contributed by atoms with Crippen molar-refractivity contribution in [3.05, 3.63) is 125 Å². The molecule has 0 saturated heterocycles. The normalized spacial score (nSPS) is 10.9. The first-order chi connectivity index (χ1) is 17.6. The number of nitrogens with two attached hydrogens (primary N) is 1. The van der Waals surface area contributed by atoms with Gasteiger partial charge in [-0.1, -0.05) is 78.4 Å². The molecule has 1 amide bonds. The van der Waals surface area contributed by atoms with Crippen LogP contribution in [0.5, 0.6) is 0 Å². The van der Waals surface area contributed by atoms with Crippen molar-refractivity contribution >= 4 is 17.4 Å². The van der Waals surface area contributed by atoms with E-state index in [2.05, 4.69) is 47.9 Å². The van der Waals surface area contributed by atoms with Crippen LogP contribution in [0.3, 0.4) is 0 Å². The van der Waals surface area contributed by atoms with E-state index in [1.807, 2.05) is 71.3 Å². The van der Waals surface area contributed by atoms with E-state index in [4.69, 9.17) is 10.7 Å². The molecule has 0 atom stereocenters. The van der Waals surface area contributed by atoms with E-state index in [-0.39, 0.29) is 5.91 Å². The van der Waals surface area contributed by atoms with Crippen LogP contribution < -0.4 is 16.4 Å². The minimum Gasteiger partial charge on any atom is -0.365 e. The van der Waals surface area contributed by atoms with Crippen LogP contribution in [0.15, 0.2) is 97.2 Å². The molecule has 5 aromatic rings. The van der Waals surface area contributed by atoms with Gasteiger partial charge >= 0.3 is 0 Å². The maximum absolute atomic E-state index is 12.9. The third-order valence-corrected chi connectivity index (χ3v) is 6.16. The number of rotatable bonds is 8. The summed E-state index contributed by atoms with van der Waals surface area (Å²) < 4.78 is 2.00. The van der Waals surface area contributed by atoms with Gasteiger partial charge in [0, 0.05) is 37.0 Å². The summed E-state index contributed by atoms with van der Waals surface area (Å²) in [5.74, 6) is 0.750. The van der Waals surface area contributed by atoms with E-state index in [1.165, 1.54) is 5.56 Å². The number of aromatic nitrogens is 2. The predicted molar refractivity (Wildman–Crippen MR) is 145 cm³/mol. The van der Waals surface area contributed by atoms with Crippen molar-refractivity contribution in [1.29, 1.82) is 0 Å². The molecular formula is C30H29N5O. The van der Waals surface area contributed by atoms with Crippen LogP contribution in [0.2, 0.25) is 0 Å². The van der Waals surface area contributed by atoms with Crippen molar-refractivity contribution in [1.82, 2.24) is 14.7 Å². The van der Waals surface area contributed by atoms with Crippen LogP contribution in [-0.4, -0.2) is 15.3 Å². The molecule has 0 radical (unpaired) electrons. The second kappa shape index (κ2) is 10.5.